The van der Waals surface area contributed by atoms with Gasteiger partial charge < -0.3 is 5.32 Å². The standard InChI is InChI=1S/C14H21NO2S/c1-5-15-14(9-11(2)3)12-7-6-8-13(10-12)18(4,16)17/h6-10,14-15H,5H2,1-4H3. The van der Waals surface area contributed by atoms with Crippen molar-refractivity contribution in [3.63, 3.8) is 0 Å². The van der Waals surface area contributed by atoms with E-state index in [2.05, 4.69) is 11.4 Å². The van der Waals surface area contributed by atoms with E-state index in [1.54, 1.807) is 18.2 Å². The number of hydrogen-bond donors (Lipinski definition) is 1. The summed E-state index contributed by atoms with van der Waals surface area (Å²) in [5.74, 6) is 0. The third-order valence-corrected chi connectivity index (χ3v) is 3.68. The van der Waals surface area contributed by atoms with Gasteiger partial charge >= 0.3 is 0 Å². The van der Waals surface area contributed by atoms with Crippen molar-refractivity contribution in [2.24, 2.45) is 0 Å². The van der Waals surface area contributed by atoms with E-state index in [9.17, 15) is 8.42 Å². The van der Waals surface area contributed by atoms with Crippen molar-refractivity contribution in [1.82, 2.24) is 5.32 Å². The summed E-state index contributed by atoms with van der Waals surface area (Å²) in [5.41, 5.74) is 2.17. The van der Waals surface area contributed by atoms with Crippen LogP contribution in [0.25, 0.3) is 0 Å². The Hall–Kier alpha value is -1.13. The summed E-state index contributed by atoms with van der Waals surface area (Å²) in [7, 11) is -3.15. The van der Waals surface area contributed by atoms with Crippen molar-refractivity contribution in [3.8, 4) is 0 Å². The van der Waals surface area contributed by atoms with Gasteiger partial charge in [0.05, 0.1) is 10.9 Å². The molecular weight excluding hydrogens is 246 g/mol. The quantitative estimate of drug-likeness (QED) is 0.834. The van der Waals surface area contributed by atoms with Gasteiger partial charge in [0.25, 0.3) is 0 Å². The van der Waals surface area contributed by atoms with Crippen molar-refractivity contribution < 1.29 is 8.42 Å². The van der Waals surface area contributed by atoms with Crippen LogP contribution in [-0.4, -0.2) is 21.2 Å². The molecule has 0 aliphatic rings. The Kier molecular flexibility index (Phi) is 5.11. The van der Waals surface area contributed by atoms with Crippen LogP contribution in [0.1, 0.15) is 32.4 Å². The molecule has 0 bridgehead atoms. The molecule has 1 aromatic rings. The lowest BCUT2D eigenvalue weighted by Gasteiger charge is -2.16. The summed E-state index contributed by atoms with van der Waals surface area (Å²) in [5, 5.41) is 3.34. The van der Waals surface area contributed by atoms with Gasteiger partial charge in [0.1, 0.15) is 0 Å². The van der Waals surface area contributed by atoms with Crippen LogP contribution in [0.15, 0.2) is 40.8 Å². The van der Waals surface area contributed by atoms with Crippen LogP contribution in [0.5, 0.6) is 0 Å². The highest BCUT2D eigenvalue weighted by Crippen LogP contribution is 2.20. The molecule has 1 unspecified atom stereocenters. The fourth-order valence-corrected chi connectivity index (χ4v) is 2.44. The van der Waals surface area contributed by atoms with Crippen LogP contribution in [0, 0.1) is 0 Å². The van der Waals surface area contributed by atoms with Gasteiger partial charge in [0.2, 0.25) is 0 Å². The molecule has 0 aromatic heterocycles. The first-order chi connectivity index (χ1) is 8.34. The molecule has 0 amide bonds. The first-order valence-corrected chi connectivity index (χ1v) is 7.92. The lowest BCUT2D eigenvalue weighted by molar-refractivity contribution is 0.601. The Morgan fingerprint density at radius 1 is 1.39 bits per heavy atom. The summed E-state index contributed by atoms with van der Waals surface area (Å²) in [6.07, 6.45) is 3.33. The van der Waals surface area contributed by atoms with Crippen LogP contribution < -0.4 is 5.32 Å². The summed E-state index contributed by atoms with van der Waals surface area (Å²) >= 11 is 0. The minimum absolute atomic E-state index is 0.0571. The molecule has 0 saturated heterocycles. The van der Waals surface area contributed by atoms with Crippen molar-refractivity contribution >= 4 is 9.84 Å². The molecule has 0 fully saturated rings. The highest BCUT2D eigenvalue weighted by atomic mass is 32.2. The second kappa shape index (κ2) is 6.16. The number of hydrogen-bond acceptors (Lipinski definition) is 3. The van der Waals surface area contributed by atoms with Gasteiger partial charge in [-0.2, -0.15) is 0 Å². The zero-order valence-corrected chi connectivity index (χ0v) is 12.2. The molecule has 0 aliphatic heterocycles. The molecule has 0 spiro atoms. The first kappa shape index (κ1) is 14.9. The Morgan fingerprint density at radius 2 is 2.06 bits per heavy atom. The maximum absolute atomic E-state index is 11.6. The van der Waals surface area contributed by atoms with Crippen LogP contribution in [0.3, 0.4) is 0 Å². The summed E-state index contributed by atoms with van der Waals surface area (Å²) in [6.45, 7) is 6.93. The molecule has 0 saturated carbocycles. The molecule has 4 heteroatoms. The van der Waals surface area contributed by atoms with E-state index >= 15 is 0 Å². The van der Waals surface area contributed by atoms with Gasteiger partial charge in [-0.15, -0.1) is 0 Å². The Morgan fingerprint density at radius 3 is 2.56 bits per heavy atom. The highest BCUT2D eigenvalue weighted by Gasteiger charge is 2.11. The van der Waals surface area contributed by atoms with Gasteiger partial charge in [-0.3, -0.25) is 0 Å². The number of likely N-dealkylation sites (N-methyl/N-ethyl adjacent to an activating group) is 1. The third kappa shape index (κ3) is 4.27. The maximum Gasteiger partial charge on any atom is 0.175 e. The van der Waals surface area contributed by atoms with Crippen molar-refractivity contribution in [1.29, 1.82) is 0 Å². The van der Waals surface area contributed by atoms with Gasteiger partial charge in [0.15, 0.2) is 9.84 Å². The van der Waals surface area contributed by atoms with E-state index in [1.807, 2.05) is 26.8 Å². The minimum atomic E-state index is -3.15. The fourth-order valence-electron chi connectivity index (χ4n) is 1.76. The SMILES string of the molecule is CCNC(C=C(C)C)c1cccc(S(C)(=O)=O)c1. The predicted octanol–water partition coefficient (Wildman–Crippen LogP) is 2.71. The average Bonchev–Trinajstić information content (AvgIpc) is 2.27. The fraction of sp³-hybridized carbons (Fsp3) is 0.429. The molecule has 1 atom stereocenters. The largest absolute Gasteiger partial charge is 0.307 e. The van der Waals surface area contributed by atoms with E-state index < -0.39 is 9.84 Å². The van der Waals surface area contributed by atoms with E-state index in [0.29, 0.717) is 4.90 Å². The summed E-state index contributed by atoms with van der Waals surface area (Å²) < 4.78 is 23.1. The number of nitrogens with one attached hydrogen (secondary N) is 1. The monoisotopic (exact) mass is 267 g/mol. The Bertz CT molecular complexity index is 528. The first-order valence-electron chi connectivity index (χ1n) is 6.03. The van der Waals surface area contributed by atoms with Gasteiger partial charge in [-0.1, -0.05) is 30.7 Å². The molecule has 18 heavy (non-hydrogen) atoms. The topological polar surface area (TPSA) is 46.2 Å². The van der Waals surface area contributed by atoms with Crippen molar-refractivity contribution in [2.75, 3.05) is 12.8 Å². The van der Waals surface area contributed by atoms with E-state index in [4.69, 9.17) is 0 Å². The second-order valence-corrected chi connectivity index (χ2v) is 6.64. The van der Waals surface area contributed by atoms with Gasteiger partial charge in [-0.05, 0) is 38.1 Å². The maximum atomic E-state index is 11.6. The Balaban J connectivity index is 3.17. The van der Waals surface area contributed by atoms with Gasteiger partial charge in [-0.25, -0.2) is 8.42 Å². The predicted molar refractivity (Wildman–Crippen MR) is 75.4 cm³/mol. The Labute approximate surface area is 110 Å². The van der Waals surface area contributed by atoms with Crippen LogP contribution in [0.2, 0.25) is 0 Å². The van der Waals surface area contributed by atoms with Crippen LogP contribution in [-0.2, 0) is 9.84 Å². The zero-order chi connectivity index (χ0) is 13.8. The molecule has 0 heterocycles. The van der Waals surface area contributed by atoms with Gasteiger partial charge in [0, 0.05) is 6.26 Å². The minimum Gasteiger partial charge on any atom is -0.307 e. The average molecular weight is 267 g/mol. The smallest absolute Gasteiger partial charge is 0.175 e. The molecule has 0 radical (unpaired) electrons. The second-order valence-electron chi connectivity index (χ2n) is 4.62. The highest BCUT2D eigenvalue weighted by molar-refractivity contribution is 7.90. The van der Waals surface area contributed by atoms with Crippen molar-refractivity contribution in [2.45, 2.75) is 31.7 Å². The molecule has 0 aliphatic carbocycles. The molecular formula is C14H21NO2S. The number of benzene rings is 1. The molecule has 100 valence electrons. The van der Waals surface area contributed by atoms with Crippen LogP contribution >= 0.6 is 0 Å². The summed E-state index contributed by atoms with van der Waals surface area (Å²) in [6, 6.07) is 7.16. The van der Waals surface area contributed by atoms with E-state index in [1.165, 1.54) is 11.8 Å². The lowest BCUT2D eigenvalue weighted by Crippen LogP contribution is -2.19. The number of allylic oxidation sites excluding steroid dienone is 1. The molecule has 1 rings (SSSR count). The van der Waals surface area contributed by atoms with E-state index in [0.717, 1.165) is 12.1 Å². The molecule has 3 nitrogen and oxygen atoms in total. The zero-order valence-electron chi connectivity index (χ0n) is 11.4. The van der Waals surface area contributed by atoms with Crippen molar-refractivity contribution in [3.05, 3.63) is 41.5 Å². The number of rotatable bonds is 5. The van der Waals surface area contributed by atoms with Crippen LogP contribution in [0.4, 0.5) is 0 Å². The molecule has 1 aromatic carbocycles. The molecule has 1 N–H and O–H groups in total. The summed E-state index contributed by atoms with van der Waals surface area (Å²) in [4.78, 5) is 0.366. The third-order valence-electron chi connectivity index (χ3n) is 2.57. The number of sulfone groups is 1. The van der Waals surface area contributed by atoms with E-state index in [-0.39, 0.29) is 6.04 Å². The normalized spacial score (nSPS) is 13.1. The lowest BCUT2D eigenvalue weighted by atomic mass is 10.0.